The Morgan fingerprint density at radius 1 is 1.33 bits per heavy atom. The van der Waals surface area contributed by atoms with Crippen LogP contribution in [-0.2, 0) is 4.79 Å². The first-order chi connectivity index (χ1) is 7.15. The zero-order valence-electron chi connectivity index (χ0n) is 9.22. The van der Waals surface area contributed by atoms with Gasteiger partial charge in [-0.3, -0.25) is 14.9 Å². The molecule has 84 valence electrons. The molecule has 0 radical (unpaired) electrons. The Balaban J connectivity index is 2.44. The molecule has 1 aromatic heterocycles. The Bertz CT molecular complexity index is 314. The second kappa shape index (κ2) is 5.95. The minimum Gasteiger partial charge on any atom is -0.273 e. The molecule has 0 aliphatic carbocycles. The summed E-state index contributed by atoms with van der Waals surface area (Å²) in [6.45, 7) is 3.96. The van der Waals surface area contributed by atoms with Crippen molar-refractivity contribution in [2.24, 2.45) is 0 Å². The van der Waals surface area contributed by atoms with Gasteiger partial charge in [-0.25, -0.2) is 0 Å². The zero-order chi connectivity index (χ0) is 11.3. The molecule has 1 heterocycles. The van der Waals surface area contributed by atoms with Crippen LogP contribution in [0.2, 0.25) is 0 Å². The molecule has 0 fully saturated rings. The molecule has 15 heavy (non-hydrogen) atoms. The largest absolute Gasteiger partial charge is 0.273 e. The summed E-state index contributed by atoms with van der Waals surface area (Å²) in [5.41, 5.74) is 4.99. The molecule has 0 aliphatic rings. The van der Waals surface area contributed by atoms with Gasteiger partial charge >= 0.3 is 0 Å². The topological polar surface area (TPSA) is 34.0 Å². The average Bonchev–Trinajstić information content (AvgIpc) is 2.50. The quantitative estimate of drug-likeness (QED) is 0.649. The van der Waals surface area contributed by atoms with E-state index < -0.39 is 0 Å². The molecule has 0 aromatic carbocycles. The highest BCUT2D eigenvalue weighted by molar-refractivity contribution is 9.09. The van der Waals surface area contributed by atoms with Crippen LogP contribution < -0.4 is 5.43 Å². The van der Waals surface area contributed by atoms with E-state index in [9.17, 15) is 4.79 Å². The molecule has 1 rings (SSSR count). The van der Waals surface area contributed by atoms with Gasteiger partial charge in [0.05, 0.1) is 0 Å². The van der Waals surface area contributed by atoms with Crippen molar-refractivity contribution in [1.82, 2.24) is 4.68 Å². The number of aromatic nitrogens is 1. The maximum Gasteiger partial charge on any atom is 0.238 e. The van der Waals surface area contributed by atoms with Crippen LogP contribution in [0.5, 0.6) is 0 Å². The number of nitrogens with zero attached hydrogens (tertiary/aromatic N) is 1. The first-order valence-electron chi connectivity index (χ1n) is 5.16. The number of unbranched alkanes of at least 4 members (excludes halogenated alkanes) is 1. The predicted octanol–water partition coefficient (Wildman–Crippen LogP) is 2.74. The lowest BCUT2D eigenvalue weighted by Gasteiger charge is -2.10. The highest BCUT2D eigenvalue weighted by Gasteiger charge is 2.05. The second-order valence-electron chi connectivity index (χ2n) is 3.63. The van der Waals surface area contributed by atoms with Crippen LogP contribution >= 0.6 is 15.9 Å². The lowest BCUT2D eigenvalue weighted by Crippen LogP contribution is -2.24. The molecular weight excluding hydrogens is 256 g/mol. The summed E-state index contributed by atoms with van der Waals surface area (Å²) in [5.74, 6) is 0.0818. The summed E-state index contributed by atoms with van der Waals surface area (Å²) in [6.07, 6.45) is 2.55. The van der Waals surface area contributed by atoms with Crippen LogP contribution in [0, 0.1) is 13.8 Å². The predicted molar refractivity (Wildman–Crippen MR) is 65.9 cm³/mol. The van der Waals surface area contributed by atoms with Crippen molar-refractivity contribution < 1.29 is 4.79 Å². The number of hydrogen-bond donors (Lipinski definition) is 1. The molecule has 1 aromatic rings. The number of carbonyl (C=O) groups is 1. The third-order valence-electron chi connectivity index (χ3n) is 2.30. The van der Waals surface area contributed by atoms with Crippen LogP contribution in [0.4, 0.5) is 0 Å². The van der Waals surface area contributed by atoms with E-state index in [0.717, 1.165) is 29.6 Å². The number of nitrogens with one attached hydrogen (secondary N) is 1. The number of carbonyl (C=O) groups excluding carboxylic acids is 1. The van der Waals surface area contributed by atoms with Crippen molar-refractivity contribution in [3.05, 3.63) is 23.5 Å². The Morgan fingerprint density at radius 2 is 1.93 bits per heavy atom. The molecule has 1 amide bonds. The van der Waals surface area contributed by atoms with Gasteiger partial charge in [0.2, 0.25) is 5.91 Å². The van der Waals surface area contributed by atoms with Gasteiger partial charge in [-0.05, 0) is 38.8 Å². The first-order valence-corrected chi connectivity index (χ1v) is 6.28. The van der Waals surface area contributed by atoms with Crippen molar-refractivity contribution in [2.45, 2.75) is 33.1 Å². The van der Waals surface area contributed by atoms with E-state index in [1.165, 1.54) is 0 Å². The minimum absolute atomic E-state index is 0.0818. The number of rotatable bonds is 5. The minimum atomic E-state index is 0.0818. The van der Waals surface area contributed by atoms with Gasteiger partial charge in [0.25, 0.3) is 0 Å². The van der Waals surface area contributed by atoms with Crippen molar-refractivity contribution in [1.29, 1.82) is 0 Å². The van der Waals surface area contributed by atoms with Gasteiger partial charge in [-0.1, -0.05) is 15.9 Å². The summed E-state index contributed by atoms with van der Waals surface area (Å²) in [6, 6.07) is 3.99. The first kappa shape index (κ1) is 12.3. The van der Waals surface area contributed by atoms with E-state index in [2.05, 4.69) is 21.4 Å². The van der Waals surface area contributed by atoms with Gasteiger partial charge in [0, 0.05) is 23.1 Å². The van der Waals surface area contributed by atoms with Gasteiger partial charge in [0.1, 0.15) is 0 Å². The maximum absolute atomic E-state index is 11.5. The Morgan fingerprint density at radius 3 is 2.47 bits per heavy atom. The number of amides is 1. The Hall–Kier alpha value is -0.770. The standard InChI is InChI=1S/C11H17BrN2O/c1-9-6-7-10(2)14(9)13-11(15)5-3-4-8-12/h6-7H,3-5,8H2,1-2H3,(H,13,15). The Labute approximate surface area is 99.0 Å². The molecule has 0 spiro atoms. The fourth-order valence-electron chi connectivity index (χ4n) is 1.41. The van der Waals surface area contributed by atoms with Crippen LogP contribution in [0.1, 0.15) is 30.7 Å². The van der Waals surface area contributed by atoms with Crippen LogP contribution in [-0.4, -0.2) is 15.9 Å². The molecule has 3 nitrogen and oxygen atoms in total. The van der Waals surface area contributed by atoms with E-state index in [1.807, 2.05) is 30.7 Å². The second-order valence-corrected chi connectivity index (χ2v) is 4.43. The van der Waals surface area contributed by atoms with Crippen molar-refractivity contribution in [3.8, 4) is 0 Å². The SMILES string of the molecule is Cc1ccc(C)n1NC(=O)CCCCBr. The van der Waals surface area contributed by atoms with E-state index >= 15 is 0 Å². The fraction of sp³-hybridized carbons (Fsp3) is 0.545. The van der Waals surface area contributed by atoms with Gasteiger partial charge in [-0.15, -0.1) is 0 Å². The van der Waals surface area contributed by atoms with E-state index in [-0.39, 0.29) is 5.91 Å². The lowest BCUT2D eigenvalue weighted by atomic mass is 10.2. The molecule has 4 heteroatoms. The molecular formula is C11H17BrN2O. The molecule has 0 bridgehead atoms. The van der Waals surface area contributed by atoms with Crippen molar-refractivity contribution in [2.75, 3.05) is 10.8 Å². The van der Waals surface area contributed by atoms with Gasteiger partial charge in [0.15, 0.2) is 0 Å². The van der Waals surface area contributed by atoms with Crippen molar-refractivity contribution >= 4 is 21.8 Å². The molecule has 0 unspecified atom stereocenters. The summed E-state index contributed by atoms with van der Waals surface area (Å²) in [7, 11) is 0. The highest BCUT2D eigenvalue weighted by atomic mass is 79.9. The zero-order valence-corrected chi connectivity index (χ0v) is 10.8. The lowest BCUT2D eigenvalue weighted by molar-refractivity contribution is -0.117. The number of halogens is 1. The van der Waals surface area contributed by atoms with Gasteiger partial charge in [-0.2, -0.15) is 0 Å². The molecule has 0 saturated heterocycles. The van der Waals surface area contributed by atoms with Crippen LogP contribution in [0.25, 0.3) is 0 Å². The van der Waals surface area contributed by atoms with E-state index in [0.29, 0.717) is 6.42 Å². The summed E-state index contributed by atoms with van der Waals surface area (Å²) >= 11 is 3.35. The molecule has 0 aliphatic heterocycles. The fourth-order valence-corrected chi connectivity index (χ4v) is 1.80. The number of aryl methyl sites for hydroxylation is 2. The third-order valence-corrected chi connectivity index (χ3v) is 2.86. The Kier molecular flexibility index (Phi) is 4.88. The van der Waals surface area contributed by atoms with Crippen LogP contribution in [0.3, 0.4) is 0 Å². The molecule has 0 saturated carbocycles. The average molecular weight is 273 g/mol. The van der Waals surface area contributed by atoms with Crippen molar-refractivity contribution in [3.63, 3.8) is 0 Å². The summed E-state index contributed by atoms with van der Waals surface area (Å²) in [4.78, 5) is 11.5. The number of hydrogen-bond acceptors (Lipinski definition) is 1. The van der Waals surface area contributed by atoms with E-state index in [4.69, 9.17) is 0 Å². The molecule has 0 atom stereocenters. The monoisotopic (exact) mass is 272 g/mol. The van der Waals surface area contributed by atoms with E-state index in [1.54, 1.807) is 0 Å². The smallest absolute Gasteiger partial charge is 0.238 e. The highest BCUT2D eigenvalue weighted by Crippen LogP contribution is 2.05. The van der Waals surface area contributed by atoms with Gasteiger partial charge < -0.3 is 0 Å². The summed E-state index contributed by atoms with van der Waals surface area (Å²) in [5, 5.41) is 0.960. The maximum atomic E-state index is 11.5. The molecule has 1 N–H and O–H groups in total. The normalized spacial score (nSPS) is 10.3. The number of alkyl halides is 1. The van der Waals surface area contributed by atoms with Crippen LogP contribution in [0.15, 0.2) is 12.1 Å². The third kappa shape index (κ3) is 3.70. The summed E-state index contributed by atoms with van der Waals surface area (Å²) < 4.78 is 1.83.